The first-order chi connectivity index (χ1) is 10.9. The van der Waals surface area contributed by atoms with E-state index in [4.69, 9.17) is 9.84 Å². The molecule has 1 aromatic heterocycles. The summed E-state index contributed by atoms with van der Waals surface area (Å²) >= 11 is 0. The predicted octanol–water partition coefficient (Wildman–Crippen LogP) is 1.22. The van der Waals surface area contributed by atoms with Gasteiger partial charge in [-0.2, -0.15) is 13.8 Å². The Labute approximate surface area is 133 Å². The van der Waals surface area contributed by atoms with E-state index in [2.05, 4.69) is 10.3 Å². The summed E-state index contributed by atoms with van der Waals surface area (Å²) in [6.45, 7) is 7.23. The molecule has 2 heterocycles. The molecule has 1 aromatic rings. The number of aromatic nitrogens is 2. The van der Waals surface area contributed by atoms with Crippen LogP contribution in [0.5, 0.6) is 0 Å². The lowest BCUT2D eigenvalue weighted by molar-refractivity contribution is -0.140. The molecule has 9 heteroatoms. The van der Waals surface area contributed by atoms with Gasteiger partial charge >= 0.3 is 11.6 Å². The Hall–Kier alpha value is -1.58. The van der Waals surface area contributed by atoms with E-state index in [9.17, 15) is 18.7 Å². The Kier molecular flexibility index (Phi) is 8.88. The number of aliphatic hydroxyl groups is 2. The highest BCUT2D eigenvalue weighted by Gasteiger charge is 2.59. The van der Waals surface area contributed by atoms with E-state index in [-0.39, 0.29) is 5.82 Å². The van der Waals surface area contributed by atoms with Gasteiger partial charge in [-0.05, 0) is 6.07 Å². The van der Waals surface area contributed by atoms with Gasteiger partial charge in [0.05, 0.1) is 6.61 Å². The maximum Gasteiger partial charge on any atom is 0.351 e. The number of anilines is 1. The average molecular weight is 337 g/mol. The lowest BCUT2D eigenvalue weighted by atomic mass is 10.1. The molecule has 0 radical (unpaired) electrons. The Balaban J connectivity index is 0.00000112. The molecule has 1 aliphatic rings. The van der Waals surface area contributed by atoms with E-state index in [0.717, 1.165) is 6.20 Å². The topological polar surface area (TPSA) is 96.6 Å². The van der Waals surface area contributed by atoms with Gasteiger partial charge in [0, 0.05) is 13.2 Å². The summed E-state index contributed by atoms with van der Waals surface area (Å²) in [5, 5.41) is 20.8. The van der Waals surface area contributed by atoms with Crippen molar-refractivity contribution in [1.82, 2.24) is 9.55 Å². The molecule has 0 amide bonds. The van der Waals surface area contributed by atoms with Crippen molar-refractivity contribution in [3.63, 3.8) is 0 Å². The molecule has 1 fully saturated rings. The number of aliphatic hydroxyl groups excluding tert-OH is 2. The third kappa shape index (κ3) is 4.46. The summed E-state index contributed by atoms with van der Waals surface area (Å²) in [6, 6.07) is 1.32. The lowest BCUT2D eigenvalue weighted by Gasteiger charge is -2.21. The summed E-state index contributed by atoms with van der Waals surface area (Å²) in [5.41, 5.74) is -0.942. The van der Waals surface area contributed by atoms with Crippen LogP contribution in [0.3, 0.4) is 0 Å². The largest absolute Gasteiger partial charge is 0.394 e. The first-order valence-corrected chi connectivity index (χ1v) is 7.51. The molecule has 0 bridgehead atoms. The zero-order valence-electron chi connectivity index (χ0n) is 14.0. The molecule has 0 spiro atoms. The van der Waals surface area contributed by atoms with Crippen LogP contribution >= 0.6 is 0 Å². The lowest BCUT2D eigenvalue weighted by Crippen LogP contribution is -2.41. The molecule has 0 aromatic carbocycles. The Morgan fingerprint density at radius 2 is 1.96 bits per heavy atom. The quantitative estimate of drug-likeness (QED) is 0.767. The van der Waals surface area contributed by atoms with Gasteiger partial charge in [0.15, 0.2) is 6.10 Å². The van der Waals surface area contributed by atoms with E-state index in [1.54, 1.807) is 0 Å². The van der Waals surface area contributed by atoms with Crippen molar-refractivity contribution in [2.45, 2.75) is 52.1 Å². The van der Waals surface area contributed by atoms with Gasteiger partial charge in [0.2, 0.25) is 6.23 Å². The minimum Gasteiger partial charge on any atom is -0.394 e. The smallest absolute Gasteiger partial charge is 0.351 e. The van der Waals surface area contributed by atoms with Crippen LogP contribution in [0.4, 0.5) is 14.6 Å². The summed E-state index contributed by atoms with van der Waals surface area (Å²) in [7, 11) is 1.53. The minimum atomic E-state index is -3.69. The summed E-state index contributed by atoms with van der Waals surface area (Å²) < 4.78 is 33.0. The van der Waals surface area contributed by atoms with E-state index in [1.165, 1.54) is 13.1 Å². The van der Waals surface area contributed by atoms with Crippen molar-refractivity contribution in [2.24, 2.45) is 0 Å². The first-order valence-electron chi connectivity index (χ1n) is 7.51. The van der Waals surface area contributed by atoms with Crippen molar-refractivity contribution < 1.29 is 23.7 Å². The number of hydrogen-bond acceptors (Lipinski definition) is 6. The molecule has 0 saturated carbocycles. The van der Waals surface area contributed by atoms with Gasteiger partial charge in [0.1, 0.15) is 11.9 Å². The molecule has 134 valence electrons. The van der Waals surface area contributed by atoms with E-state index in [1.807, 2.05) is 27.7 Å². The molecular formula is C14H25F2N3O4. The van der Waals surface area contributed by atoms with E-state index < -0.39 is 36.7 Å². The Morgan fingerprint density at radius 1 is 1.39 bits per heavy atom. The van der Waals surface area contributed by atoms with Gasteiger partial charge in [-0.15, -0.1) is 0 Å². The van der Waals surface area contributed by atoms with Crippen molar-refractivity contribution in [3.05, 3.63) is 22.7 Å². The van der Waals surface area contributed by atoms with E-state index in [0.29, 0.717) is 4.57 Å². The predicted molar refractivity (Wildman–Crippen MR) is 82.7 cm³/mol. The summed E-state index contributed by atoms with van der Waals surface area (Å²) in [5.74, 6) is -3.47. The molecule has 0 unspecified atom stereocenters. The van der Waals surface area contributed by atoms with Crippen LogP contribution in [0.25, 0.3) is 0 Å². The van der Waals surface area contributed by atoms with Crippen LogP contribution < -0.4 is 11.0 Å². The SMILES string of the molecule is CC.CC.CNc1ccn([C@@H]2O[C@H](CO)[C@@H](O)C2(F)F)c(=O)n1. The Bertz CT molecular complexity index is 525. The van der Waals surface area contributed by atoms with Gasteiger partial charge in [-0.1, -0.05) is 27.7 Å². The number of ether oxygens (including phenoxy) is 1. The molecule has 0 aliphatic carbocycles. The molecule has 3 atom stereocenters. The van der Waals surface area contributed by atoms with Crippen LogP contribution in [-0.4, -0.2) is 51.5 Å². The zero-order valence-corrected chi connectivity index (χ0v) is 14.0. The summed E-state index contributed by atoms with van der Waals surface area (Å²) in [6.07, 6.45) is -4.54. The third-order valence-corrected chi connectivity index (χ3v) is 2.90. The molecule has 1 saturated heterocycles. The molecular weight excluding hydrogens is 312 g/mol. The van der Waals surface area contributed by atoms with Crippen molar-refractivity contribution in [3.8, 4) is 0 Å². The highest BCUT2D eigenvalue weighted by molar-refractivity contribution is 5.30. The van der Waals surface area contributed by atoms with Crippen molar-refractivity contribution in [1.29, 1.82) is 0 Å². The number of hydrogen-bond donors (Lipinski definition) is 3. The molecule has 1 aliphatic heterocycles. The monoisotopic (exact) mass is 337 g/mol. The maximum atomic E-state index is 13.8. The number of rotatable bonds is 3. The summed E-state index contributed by atoms with van der Waals surface area (Å²) in [4.78, 5) is 15.1. The fourth-order valence-electron chi connectivity index (χ4n) is 1.85. The molecule has 7 nitrogen and oxygen atoms in total. The van der Waals surface area contributed by atoms with Crippen LogP contribution in [-0.2, 0) is 4.74 Å². The van der Waals surface area contributed by atoms with Crippen LogP contribution in [0, 0.1) is 0 Å². The third-order valence-electron chi connectivity index (χ3n) is 2.90. The molecule has 2 rings (SSSR count). The second-order valence-corrected chi connectivity index (χ2v) is 4.08. The maximum absolute atomic E-state index is 13.8. The van der Waals surface area contributed by atoms with Crippen LogP contribution in [0.15, 0.2) is 17.1 Å². The van der Waals surface area contributed by atoms with Gasteiger partial charge in [-0.3, -0.25) is 4.57 Å². The number of halogens is 2. The van der Waals surface area contributed by atoms with Gasteiger partial charge < -0.3 is 20.3 Å². The van der Waals surface area contributed by atoms with Crippen LogP contribution in [0.2, 0.25) is 0 Å². The fourth-order valence-corrected chi connectivity index (χ4v) is 1.85. The first kappa shape index (κ1) is 21.4. The fraction of sp³-hybridized carbons (Fsp3) is 0.714. The van der Waals surface area contributed by atoms with Crippen molar-refractivity contribution >= 4 is 5.82 Å². The van der Waals surface area contributed by atoms with Crippen molar-refractivity contribution in [2.75, 3.05) is 19.0 Å². The minimum absolute atomic E-state index is 0.224. The highest BCUT2D eigenvalue weighted by atomic mass is 19.3. The zero-order chi connectivity index (χ0) is 18.2. The van der Waals surface area contributed by atoms with Gasteiger partial charge in [0.25, 0.3) is 0 Å². The number of alkyl halides is 2. The normalized spacial score (nSPS) is 24.8. The molecule has 23 heavy (non-hydrogen) atoms. The average Bonchev–Trinajstić information content (AvgIpc) is 2.81. The highest BCUT2D eigenvalue weighted by Crippen LogP contribution is 2.41. The second kappa shape index (κ2) is 9.53. The van der Waals surface area contributed by atoms with Gasteiger partial charge in [-0.25, -0.2) is 4.79 Å². The van der Waals surface area contributed by atoms with E-state index >= 15 is 0 Å². The second-order valence-electron chi connectivity index (χ2n) is 4.08. The molecule has 3 N–H and O–H groups in total. The number of nitrogens with zero attached hydrogens (tertiary/aromatic N) is 2. The Morgan fingerprint density at radius 3 is 2.35 bits per heavy atom. The standard InChI is InChI=1S/C10H13F2N3O4.2C2H6/c1-13-6-2-3-15(9(18)14-6)8-10(11,12)7(17)5(4-16)19-8;2*1-2/h2-3,5,7-8,16-17H,4H2,1H3,(H,13,14,18);2*1-2H3/t5-,7-,8-;;/m1../s1. The van der Waals surface area contributed by atoms with Crippen LogP contribution in [0.1, 0.15) is 33.9 Å². The number of nitrogens with one attached hydrogen (secondary N) is 1.